The molecule has 24 heavy (non-hydrogen) atoms. The fraction of sp³-hybridized carbons (Fsp3) is 0.647. The van der Waals surface area contributed by atoms with E-state index >= 15 is 0 Å². The second-order valence-electron chi connectivity index (χ2n) is 5.10. The molecular formula is C17H31BrCl2N2O2. The van der Waals surface area contributed by atoms with Crippen molar-refractivity contribution in [2.75, 3.05) is 39.9 Å². The number of methoxy groups -OCH3 is 1. The second kappa shape index (κ2) is 15.1. The van der Waals surface area contributed by atoms with E-state index in [1.54, 1.807) is 7.11 Å². The number of nitrogens with zero attached hydrogens (tertiary/aromatic N) is 1. The number of nitrogens with one attached hydrogen (secondary N) is 1. The van der Waals surface area contributed by atoms with E-state index in [1.165, 1.54) is 5.56 Å². The quantitative estimate of drug-likeness (QED) is 0.507. The maximum Gasteiger partial charge on any atom is 0.174 e. The first-order chi connectivity index (χ1) is 10.7. The summed E-state index contributed by atoms with van der Waals surface area (Å²) in [5, 5.41) is 3.50. The Hall–Kier alpha value is -0.200. The Kier molecular flexibility index (Phi) is 16.4. The van der Waals surface area contributed by atoms with Gasteiger partial charge < -0.3 is 19.7 Å². The van der Waals surface area contributed by atoms with Gasteiger partial charge in [-0.3, -0.25) is 0 Å². The van der Waals surface area contributed by atoms with Crippen LogP contribution < -0.4 is 14.8 Å². The first-order valence-electron chi connectivity index (χ1n) is 8.08. The highest BCUT2D eigenvalue weighted by Crippen LogP contribution is 2.36. The van der Waals surface area contributed by atoms with Gasteiger partial charge in [-0.15, -0.1) is 24.8 Å². The number of hydrogen-bond acceptors (Lipinski definition) is 4. The average molecular weight is 446 g/mol. The molecule has 7 heteroatoms. The summed E-state index contributed by atoms with van der Waals surface area (Å²) in [6, 6.07) is 4.13. The lowest BCUT2D eigenvalue weighted by Gasteiger charge is -2.18. The highest BCUT2D eigenvalue weighted by molar-refractivity contribution is 9.10. The third kappa shape index (κ3) is 8.77. The van der Waals surface area contributed by atoms with Crippen molar-refractivity contribution in [3.8, 4) is 11.5 Å². The Balaban J connectivity index is 0. The van der Waals surface area contributed by atoms with E-state index in [2.05, 4.69) is 46.1 Å². The van der Waals surface area contributed by atoms with Gasteiger partial charge in [0.1, 0.15) is 0 Å². The number of hydrogen-bond donors (Lipinski definition) is 1. The standard InChI is InChI=1S/C17H29BrN2O2.2ClH/c1-5-20(6-2)10-8-9-19-13-14-11-15(18)17(21-4)16(12-14)22-7-3;;/h11-12,19H,5-10,13H2,1-4H3;2*1H. The summed E-state index contributed by atoms with van der Waals surface area (Å²) in [6.45, 7) is 12.3. The van der Waals surface area contributed by atoms with Crippen LogP contribution in [0.5, 0.6) is 11.5 Å². The van der Waals surface area contributed by atoms with Gasteiger partial charge >= 0.3 is 0 Å². The summed E-state index contributed by atoms with van der Waals surface area (Å²) >= 11 is 3.55. The van der Waals surface area contributed by atoms with Crippen molar-refractivity contribution in [2.45, 2.75) is 33.7 Å². The van der Waals surface area contributed by atoms with Gasteiger partial charge in [-0.05, 0) is 73.1 Å². The Morgan fingerprint density at radius 2 is 1.79 bits per heavy atom. The summed E-state index contributed by atoms with van der Waals surface area (Å²) in [6.07, 6.45) is 1.16. The zero-order chi connectivity index (χ0) is 16.4. The number of halogens is 3. The minimum absolute atomic E-state index is 0. The van der Waals surface area contributed by atoms with Crippen molar-refractivity contribution in [1.82, 2.24) is 10.2 Å². The summed E-state index contributed by atoms with van der Waals surface area (Å²) in [5.74, 6) is 1.55. The molecule has 0 unspecified atom stereocenters. The zero-order valence-electron chi connectivity index (χ0n) is 15.1. The van der Waals surface area contributed by atoms with Crippen LogP contribution in [-0.2, 0) is 6.54 Å². The molecule has 142 valence electrons. The predicted octanol–water partition coefficient (Wildman–Crippen LogP) is 4.52. The highest BCUT2D eigenvalue weighted by Gasteiger charge is 2.10. The van der Waals surface area contributed by atoms with Gasteiger partial charge in [-0.25, -0.2) is 0 Å². The molecule has 0 aliphatic carbocycles. The van der Waals surface area contributed by atoms with Gasteiger partial charge in [-0.2, -0.15) is 0 Å². The van der Waals surface area contributed by atoms with Crippen molar-refractivity contribution in [1.29, 1.82) is 0 Å². The van der Waals surface area contributed by atoms with E-state index in [-0.39, 0.29) is 24.8 Å². The molecule has 4 nitrogen and oxygen atoms in total. The molecule has 0 fully saturated rings. The van der Waals surface area contributed by atoms with E-state index in [4.69, 9.17) is 9.47 Å². The molecular weight excluding hydrogens is 415 g/mol. The third-order valence-corrected chi connectivity index (χ3v) is 4.21. The van der Waals surface area contributed by atoms with Gasteiger partial charge in [0, 0.05) is 6.54 Å². The van der Waals surface area contributed by atoms with Crippen LogP contribution >= 0.6 is 40.7 Å². The molecule has 0 saturated heterocycles. The van der Waals surface area contributed by atoms with Crippen molar-refractivity contribution in [3.05, 3.63) is 22.2 Å². The van der Waals surface area contributed by atoms with Gasteiger partial charge in [0.25, 0.3) is 0 Å². The maximum atomic E-state index is 5.65. The Labute approximate surface area is 167 Å². The number of benzene rings is 1. The fourth-order valence-corrected chi connectivity index (χ4v) is 3.04. The topological polar surface area (TPSA) is 33.7 Å². The lowest BCUT2D eigenvalue weighted by Crippen LogP contribution is -2.27. The highest BCUT2D eigenvalue weighted by atomic mass is 79.9. The van der Waals surface area contributed by atoms with Crippen LogP contribution in [0.1, 0.15) is 32.8 Å². The van der Waals surface area contributed by atoms with Crippen LogP contribution in [0.15, 0.2) is 16.6 Å². The lowest BCUT2D eigenvalue weighted by atomic mass is 10.2. The Morgan fingerprint density at radius 3 is 2.33 bits per heavy atom. The number of rotatable bonds is 11. The molecule has 0 radical (unpaired) electrons. The van der Waals surface area contributed by atoms with Crippen LogP contribution in [0, 0.1) is 0 Å². The Bertz CT molecular complexity index is 447. The smallest absolute Gasteiger partial charge is 0.174 e. The molecule has 0 atom stereocenters. The van der Waals surface area contributed by atoms with Crippen molar-refractivity contribution >= 4 is 40.7 Å². The minimum Gasteiger partial charge on any atom is -0.492 e. The first-order valence-corrected chi connectivity index (χ1v) is 8.87. The molecule has 0 aromatic heterocycles. The summed E-state index contributed by atoms with van der Waals surface area (Å²) in [7, 11) is 1.66. The maximum absolute atomic E-state index is 5.65. The SMILES string of the molecule is CCOc1cc(CNCCCN(CC)CC)cc(Br)c1OC.Cl.Cl. The van der Waals surface area contributed by atoms with Crippen LogP contribution in [0.25, 0.3) is 0 Å². The van der Waals surface area contributed by atoms with E-state index in [0.717, 1.165) is 55.1 Å². The second-order valence-corrected chi connectivity index (χ2v) is 5.95. The van der Waals surface area contributed by atoms with Crippen LogP contribution in [0.2, 0.25) is 0 Å². The monoisotopic (exact) mass is 444 g/mol. The molecule has 1 rings (SSSR count). The average Bonchev–Trinajstić information content (AvgIpc) is 2.51. The van der Waals surface area contributed by atoms with E-state index < -0.39 is 0 Å². The van der Waals surface area contributed by atoms with Gasteiger partial charge in [0.05, 0.1) is 18.2 Å². The molecule has 1 aromatic carbocycles. The molecule has 0 amide bonds. The van der Waals surface area contributed by atoms with E-state index in [0.29, 0.717) is 6.61 Å². The molecule has 0 bridgehead atoms. The van der Waals surface area contributed by atoms with Crippen LogP contribution in [-0.4, -0.2) is 44.8 Å². The zero-order valence-corrected chi connectivity index (χ0v) is 18.3. The molecule has 0 aliphatic heterocycles. The van der Waals surface area contributed by atoms with Crippen molar-refractivity contribution < 1.29 is 9.47 Å². The third-order valence-electron chi connectivity index (χ3n) is 3.62. The first kappa shape index (κ1) is 26.0. The minimum atomic E-state index is 0. The van der Waals surface area contributed by atoms with Crippen LogP contribution in [0.3, 0.4) is 0 Å². The molecule has 0 heterocycles. The van der Waals surface area contributed by atoms with E-state index in [1.807, 2.05) is 13.0 Å². The molecule has 0 saturated carbocycles. The van der Waals surface area contributed by atoms with Gasteiger partial charge in [-0.1, -0.05) is 13.8 Å². The van der Waals surface area contributed by atoms with E-state index in [9.17, 15) is 0 Å². The molecule has 1 aromatic rings. The lowest BCUT2D eigenvalue weighted by molar-refractivity contribution is 0.297. The van der Waals surface area contributed by atoms with Gasteiger partial charge in [0.15, 0.2) is 11.5 Å². The largest absolute Gasteiger partial charge is 0.492 e. The summed E-state index contributed by atoms with van der Waals surface area (Å²) in [4.78, 5) is 2.44. The van der Waals surface area contributed by atoms with Crippen LogP contribution in [0.4, 0.5) is 0 Å². The number of ether oxygens (including phenoxy) is 2. The molecule has 0 spiro atoms. The molecule has 1 N–H and O–H groups in total. The Morgan fingerprint density at radius 1 is 1.12 bits per heavy atom. The normalized spacial score (nSPS) is 10.1. The van der Waals surface area contributed by atoms with Crippen molar-refractivity contribution in [2.24, 2.45) is 0 Å². The summed E-state index contributed by atoms with van der Waals surface area (Å²) < 4.78 is 12.0. The molecule has 0 aliphatic rings. The fourth-order valence-electron chi connectivity index (χ4n) is 2.38. The van der Waals surface area contributed by atoms with Gasteiger partial charge in [0.2, 0.25) is 0 Å². The summed E-state index contributed by atoms with van der Waals surface area (Å²) in [5.41, 5.74) is 1.19. The predicted molar refractivity (Wildman–Crippen MR) is 110 cm³/mol. The van der Waals surface area contributed by atoms with Crippen molar-refractivity contribution in [3.63, 3.8) is 0 Å².